The molecule has 0 heterocycles. The second-order valence-electron chi connectivity index (χ2n) is 2.66. The van der Waals surface area contributed by atoms with Crippen LogP contribution in [0.4, 0.5) is 30.7 Å². The number of rotatable bonds is 1. The average molecular weight is 264 g/mol. The third-order valence-corrected chi connectivity index (χ3v) is 2.34. The molecule has 0 aromatic heterocycles. The maximum Gasteiger partial charge on any atom is 0.446 e. The fraction of sp³-hybridized carbons (Fsp3) is 0.250. The Morgan fingerprint density at radius 3 is 1.94 bits per heavy atom. The first-order valence-corrected chi connectivity index (χ1v) is 4.54. The second kappa shape index (κ2) is 4.15. The lowest BCUT2D eigenvalue weighted by atomic mass is 10.2. The van der Waals surface area contributed by atoms with Gasteiger partial charge in [-0.3, -0.25) is 0 Å². The molecule has 90 valence electrons. The summed E-state index contributed by atoms with van der Waals surface area (Å²) in [7, 11) is 0. The highest BCUT2D eigenvalue weighted by Gasteiger charge is 2.39. The van der Waals surface area contributed by atoms with Crippen LogP contribution in [0.1, 0.15) is 5.56 Å². The van der Waals surface area contributed by atoms with Crippen molar-refractivity contribution in [3.05, 3.63) is 29.6 Å². The van der Waals surface area contributed by atoms with Gasteiger partial charge in [0.25, 0.3) is 0 Å². The number of halogens is 7. The fourth-order valence-electron chi connectivity index (χ4n) is 0.952. The molecule has 0 N–H and O–H groups in total. The Bertz CT molecular complexity index is 379. The highest BCUT2D eigenvalue weighted by molar-refractivity contribution is 8.00. The van der Waals surface area contributed by atoms with Crippen molar-refractivity contribution >= 4 is 11.8 Å². The fourth-order valence-corrected chi connectivity index (χ4v) is 1.64. The van der Waals surface area contributed by atoms with E-state index < -0.39 is 39.7 Å². The topological polar surface area (TPSA) is 0 Å². The van der Waals surface area contributed by atoms with Crippen molar-refractivity contribution in [3.8, 4) is 0 Å². The van der Waals surface area contributed by atoms with Crippen molar-refractivity contribution in [3.63, 3.8) is 0 Å². The minimum atomic E-state index is -5.02. The predicted molar refractivity (Wildman–Crippen MR) is 43.3 cm³/mol. The van der Waals surface area contributed by atoms with Gasteiger partial charge in [0.15, 0.2) is 0 Å². The zero-order valence-electron chi connectivity index (χ0n) is 7.29. The van der Waals surface area contributed by atoms with Crippen LogP contribution in [0.3, 0.4) is 0 Å². The molecule has 16 heavy (non-hydrogen) atoms. The van der Waals surface area contributed by atoms with Crippen molar-refractivity contribution in [1.82, 2.24) is 0 Å². The number of thioether (sulfide) groups is 1. The molecule has 1 aromatic rings. The van der Waals surface area contributed by atoms with E-state index in [4.69, 9.17) is 0 Å². The van der Waals surface area contributed by atoms with Crippen LogP contribution in [0.2, 0.25) is 0 Å². The molecule has 1 aromatic carbocycles. The molecule has 0 nitrogen and oxygen atoms in total. The molecule has 0 aliphatic carbocycles. The van der Waals surface area contributed by atoms with Gasteiger partial charge in [0.1, 0.15) is 5.82 Å². The van der Waals surface area contributed by atoms with Crippen LogP contribution in [0.15, 0.2) is 23.1 Å². The second-order valence-corrected chi connectivity index (χ2v) is 3.74. The molecule has 0 saturated carbocycles. The smallest absolute Gasteiger partial charge is 0.206 e. The molecule has 0 amide bonds. The summed E-state index contributed by atoms with van der Waals surface area (Å²) in [5, 5.41) is 0. The quantitative estimate of drug-likeness (QED) is 0.533. The van der Waals surface area contributed by atoms with Gasteiger partial charge in [0.05, 0.1) is 10.5 Å². The van der Waals surface area contributed by atoms with Crippen molar-refractivity contribution in [2.45, 2.75) is 16.6 Å². The van der Waals surface area contributed by atoms with E-state index in [2.05, 4.69) is 0 Å². The summed E-state index contributed by atoms with van der Waals surface area (Å²) in [4.78, 5) is -1.46. The number of benzene rings is 1. The van der Waals surface area contributed by atoms with E-state index in [-0.39, 0.29) is 0 Å². The van der Waals surface area contributed by atoms with Gasteiger partial charge in [-0.2, -0.15) is 26.3 Å². The van der Waals surface area contributed by atoms with E-state index in [1.807, 2.05) is 0 Å². The van der Waals surface area contributed by atoms with E-state index in [0.717, 1.165) is 0 Å². The van der Waals surface area contributed by atoms with Gasteiger partial charge >= 0.3 is 11.7 Å². The molecule has 1 rings (SSSR count). The largest absolute Gasteiger partial charge is 0.446 e. The molecule has 0 bridgehead atoms. The number of hydrogen-bond acceptors (Lipinski definition) is 1. The predicted octanol–water partition coefficient (Wildman–Crippen LogP) is 4.46. The molecule has 0 unspecified atom stereocenters. The molecule has 0 saturated heterocycles. The highest BCUT2D eigenvalue weighted by atomic mass is 32.2. The SMILES string of the molecule is Fc1cccc(C(F)(F)F)c1SC(F)(F)F. The van der Waals surface area contributed by atoms with Crippen LogP contribution in [0, 0.1) is 5.82 Å². The Hall–Kier alpha value is -0.920. The van der Waals surface area contributed by atoms with E-state index in [0.29, 0.717) is 18.2 Å². The van der Waals surface area contributed by atoms with E-state index in [1.165, 1.54) is 0 Å². The summed E-state index contributed by atoms with van der Waals surface area (Å²) < 4.78 is 85.4. The lowest BCUT2D eigenvalue weighted by Gasteiger charge is -2.13. The van der Waals surface area contributed by atoms with Crippen molar-refractivity contribution in [1.29, 1.82) is 0 Å². The Morgan fingerprint density at radius 1 is 0.938 bits per heavy atom. The molecular weight excluding hydrogens is 261 g/mol. The Balaban J connectivity index is 3.25. The van der Waals surface area contributed by atoms with Gasteiger partial charge in [-0.1, -0.05) is 6.07 Å². The third-order valence-electron chi connectivity index (χ3n) is 1.49. The molecule has 0 atom stereocenters. The Kier molecular flexibility index (Phi) is 3.41. The highest BCUT2D eigenvalue weighted by Crippen LogP contribution is 2.44. The third kappa shape index (κ3) is 3.29. The number of hydrogen-bond donors (Lipinski definition) is 0. The van der Waals surface area contributed by atoms with Crippen LogP contribution >= 0.6 is 11.8 Å². The van der Waals surface area contributed by atoms with E-state index in [1.54, 1.807) is 0 Å². The van der Waals surface area contributed by atoms with Gasteiger partial charge in [-0.15, -0.1) is 0 Å². The molecule has 0 fully saturated rings. The van der Waals surface area contributed by atoms with Crippen molar-refractivity contribution in [2.75, 3.05) is 0 Å². The summed E-state index contributed by atoms with van der Waals surface area (Å²) in [5.74, 6) is -1.54. The minimum Gasteiger partial charge on any atom is -0.206 e. The summed E-state index contributed by atoms with van der Waals surface area (Å²) in [6.45, 7) is 0. The first-order valence-electron chi connectivity index (χ1n) is 3.73. The first-order chi connectivity index (χ1) is 7.11. The molecule has 0 radical (unpaired) electrons. The van der Waals surface area contributed by atoms with Crippen molar-refractivity contribution in [2.24, 2.45) is 0 Å². The molecule has 0 aliphatic rings. The molecule has 8 heteroatoms. The maximum absolute atomic E-state index is 12.9. The molecule has 0 spiro atoms. The lowest BCUT2D eigenvalue weighted by Crippen LogP contribution is -2.10. The summed E-state index contributed by atoms with van der Waals surface area (Å²) in [6, 6.07) is 1.65. The van der Waals surface area contributed by atoms with Crippen LogP contribution in [0.25, 0.3) is 0 Å². The Morgan fingerprint density at radius 2 is 1.50 bits per heavy atom. The van der Waals surface area contributed by atoms with E-state index in [9.17, 15) is 30.7 Å². The van der Waals surface area contributed by atoms with Crippen LogP contribution < -0.4 is 0 Å². The summed E-state index contributed by atoms with van der Waals surface area (Å²) in [6.07, 6.45) is -5.02. The normalized spacial score (nSPS) is 12.9. The number of alkyl halides is 6. The zero-order valence-corrected chi connectivity index (χ0v) is 8.10. The van der Waals surface area contributed by atoms with E-state index >= 15 is 0 Å². The first kappa shape index (κ1) is 13.1. The van der Waals surface area contributed by atoms with Gasteiger partial charge < -0.3 is 0 Å². The van der Waals surface area contributed by atoms with Crippen LogP contribution in [-0.2, 0) is 6.18 Å². The molecule has 0 aliphatic heterocycles. The van der Waals surface area contributed by atoms with Crippen LogP contribution in [0.5, 0.6) is 0 Å². The summed E-state index contributed by atoms with van der Waals surface area (Å²) >= 11 is -1.11. The summed E-state index contributed by atoms with van der Waals surface area (Å²) in [5.41, 5.74) is -6.60. The van der Waals surface area contributed by atoms with Gasteiger partial charge in [-0.25, -0.2) is 4.39 Å². The van der Waals surface area contributed by atoms with Crippen LogP contribution in [-0.4, -0.2) is 5.51 Å². The monoisotopic (exact) mass is 264 g/mol. The van der Waals surface area contributed by atoms with Crippen molar-refractivity contribution < 1.29 is 30.7 Å². The standard InChI is InChI=1S/C8H3F7S/c9-5-3-1-2-4(7(10,11)12)6(5)16-8(13,14)15/h1-3H. The lowest BCUT2D eigenvalue weighted by molar-refractivity contribution is -0.140. The molecular formula is C8H3F7S. The Labute approximate surface area is 89.4 Å². The average Bonchev–Trinajstić information content (AvgIpc) is 2.04. The zero-order chi connectivity index (χ0) is 12.6. The minimum absolute atomic E-state index is 0.400. The van der Waals surface area contributed by atoms with Gasteiger partial charge in [-0.05, 0) is 23.9 Å². The van der Waals surface area contributed by atoms with Gasteiger partial charge in [0, 0.05) is 0 Å². The maximum atomic E-state index is 12.9. The van der Waals surface area contributed by atoms with Gasteiger partial charge in [0.2, 0.25) is 0 Å².